The summed E-state index contributed by atoms with van der Waals surface area (Å²) in [6, 6.07) is 7.25. The van der Waals surface area contributed by atoms with E-state index in [1.165, 1.54) is 0 Å². The van der Waals surface area contributed by atoms with Crippen molar-refractivity contribution in [3.05, 3.63) is 29.8 Å². The standard InChI is InChI=1S/C13H17NO5/c1-18-11-4-2-3-10(7-11)8-12(15)14-5-6-19-9-13(16)17/h2-4,7H,5-6,8-9H2,1H3,(H,14,15)(H,16,17). The van der Waals surface area contributed by atoms with E-state index >= 15 is 0 Å². The number of carboxylic acids is 1. The average Bonchev–Trinajstić information content (AvgIpc) is 2.38. The first-order valence-corrected chi connectivity index (χ1v) is 5.81. The van der Waals surface area contributed by atoms with Crippen molar-refractivity contribution in [2.45, 2.75) is 6.42 Å². The van der Waals surface area contributed by atoms with Crippen molar-refractivity contribution in [2.24, 2.45) is 0 Å². The molecule has 0 saturated heterocycles. The summed E-state index contributed by atoms with van der Waals surface area (Å²) in [5, 5.41) is 11.0. The van der Waals surface area contributed by atoms with Gasteiger partial charge in [0.25, 0.3) is 0 Å². The number of carboxylic acid groups (broad SMARTS) is 1. The van der Waals surface area contributed by atoms with E-state index in [4.69, 9.17) is 14.6 Å². The first-order chi connectivity index (χ1) is 9.11. The molecule has 0 aliphatic rings. The Morgan fingerprint density at radius 3 is 2.84 bits per heavy atom. The fourth-order valence-corrected chi connectivity index (χ4v) is 1.45. The van der Waals surface area contributed by atoms with Gasteiger partial charge in [-0.15, -0.1) is 0 Å². The second-order valence-corrected chi connectivity index (χ2v) is 3.82. The zero-order valence-electron chi connectivity index (χ0n) is 10.7. The van der Waals surface area contributed by atoms with Gasteiger partial charge in [0.05, 0.1) is 20.1 Å². The maximum Gasteiger partial charge on any atom is 0.329 e. The molecule has 0 unspecified atom stereocenters. The van der Waals surface area contributed by atoms with E-state index in [0.717, 1.165) is 5.56 Å². The molecular formula is C13H17NO5. The molecule has 0 saturated carbocycles. The van der Waals surface area contributed by atoms with Crippen LogP contribution in [0.15, 0.2) is 24.3 Å². The van der Waals surface area contributed by atoms with E-state index in [9.17, 15) is 9.59 Å². The van der Waals surface area contributed by atoms with Gasteiger partial charge in [-0.3, -0.25) is 4.79 Å². The second kappa shape index (κ2) is 8.10. The minimum Gasteiger partial charge on any atom is -0.497 e. The van der Waals surface area contributed by atoms with Gasteiger partial charge >= 0.3 is 5.97 Å². The Labute approximate surface area is 111 Å². The normalized spacial score (nSPS) is 9.95. The lowest BCUT2D eigenvalue weighted by Crippen LogP contribution is -2.29. The van der Waals surface area contributed by atoms with Gasteiger partial charge < -0.3 is 19.9 Å². The highest BCUT2D eigenvalue weighted by atomic mass is 16.5. The van der Waals surface area contributed by atoms with Crippen LogP contribution in [0.25, 0.3) is 0 Å². The predicted octanol–water partition coefficient (Wildman–Crippen LogP) is 0.455. The van der Waals surface area contributed by atoms with E-state index in [1.54, 1.807) is 19.2 Å². The van der Waals surface area contributed by atoms with Crippen molar-refractivity contribution in [1.29, 1.82) is 0 Å². The van der Waals surface area contributed by atoms with Crippen molar-refractivity contribution in [1.82, 2.24) is 5.32 Å². The molecule has 2 N–H and O–H groups in total. The third-order valence-electron chi connectivity index (χ3n) is 2.29. The Kier molecular flexibility index (Phi) is 6.38. The number of nitrogens with one attached hydrogen (secondary N) is 1. The molecule has 1 rings (SSSR count). The van der Waals surface area contributed by atoms with Crippen LogP contribution >= 0.6 is 0 Å². The van der Waals surface area contributed by atoms with Crippen LogP contribution < -0.4 is 10.1 Å². The number of carbonyl (C=O) groups is 2. The van der Waals surface area contributed by atoms with Crippen LogP contribution in [0.1, 0.15) is 5.56 Å². The van der Waals surface area contributed by atoms with Crippen LogP contribution in [0.3, 0.4) is 0 Å². The molecule has 6 heteroatoms. The molecule has 0 bridgehead atoms. The summed E-state index contributed by atoms with van der Waals surface area (Å²) in [4.78, 5) is 21.8. The molecule has 0 aliphatic carbocycles. The van der Waals surface area contributed by atoms with Crippen molar-refractivity contribution in [2.75, 3.05) is 26.9 Å². The molecule has 1 amide bonds. The molecule has 0 aromatic heterocycles. The monoisotopic (exact) mass is 267 g/mol. The zero-order chi connectivity index (χ0) is 14.1. The van der Waals surface area contributed by atoms with Crippen LogP contribution in [0, 0.1) is 0 Å². The minimum atomic E-state index is -1.03. The van der Waals surface area contributed by atoms with Gasteiger partial charge in [-0.1, -0.05) is 12.1 Å². The van der Waals surface area contributed by atoms with Gasteiger partial charge in [0.1, 0.15) is 12.4 Å². The number of hydrogen-bond donors (Lipinski definition) is 2. The number of methoxy groups -OCH3 is 1. The SMILES string of the molecule is COc1cccc(CC(=O)NCCOCC(=O)O)c1. The molecule has 0 aliphatic heterocycles. The number of ether oxygens (including phenoxy) is 2. The number of carbonyl (C=O) groups excluding carboxylic acids is 1. The number of hydrogen-bond acceptors (Lipinski definition) is 4. The Morgan fingerprint density at radius 2 is 2.16 bits per heavy atom. The maximum atomic E-state index is 11.6. The summed E-state index contributed by atoms with van der Waals surface area (Å²) in [5.41, 5.74) is 0.850. The Morgan fingerprint density at radius 1 is 1.37 bits per heavy atom. The molecule has 1 aromatic rings. The summed E-state index contributed by atoms with van der Waals surface area (Å²) in [5.74, 6) is -0.468. The van der Waals surface area contributed by atoms with E-state index in [2.05, 4.69) is 5.32 Å². The van der Waals surface area contributed by atoms with Crippen molar-refractivity contribution in [3.63, 3.8) is 0 Å². The molecule has 0 atom stereocenters. The molecule has 0 spiro atoms. The molecule has 104 valence electrons. The molecule has 0 heterocycles. The lowest BCUT2D eigenvalue weighted by molar-refractivity contribution is -0.142. The van der Waals surface area contributed by atoms with Gasteiger partial charge in [-0.05, 0) is 17.7 Å². The van der Waals surface area contributed by atoms with E-state index in [1.807, 2.05) is 12.1 Å². The summed E-state index contributed by atoms with van der Waals surface area (Å²) in [6.07, 6.45) is 0.246. The van der Waals surface area contributed by atoms with Crippen molar-refractivity contribution < 1.29 is 24.2 Å². The fraction of sp³-hybridized carbons (Fsp3) is 0.385. The van der Waals surface area contributed by atoms with Crippen LogP contribution in [0.5, 0.6) is 5.75 Å². The number of aliphatic carboxylic acids is 1. The maximum absolute atomic E-state index is 11.6. The molecule has 1 aromatic carbocycles. The second-order valence-electron chi connectivity index (χ2n) is 3.82. The molecule has 19 heavy (non-hydrogen) atoms. The highest BCUT2D eigenvalue weighted by Crippen LogP contribution is 2.12. The predicted molar refractivity (Wildman–Crippen MR) is 68.2 cm³/mol. The summed E-state index contributed by atoms with van der Waals surface area (Å²) in [7, 11) is 1.57. The zero-order valence-corrected chi connectivity index (χ0v) is 10.7. The van der Waals surface area contributed by atoms with E-state index < -0.39 is 5.97 Å². The summed E-state index contributed by atoms with van der Waals surface area (Å²) >= 11 is 0. The van der Waals surface area contributed by atoms with Gasteiger partial charge in [0.2, 0.25) is 5.91 Å². The fourth-order valence-electron chi connectivity index (χ4n) is 1.45. The van der Waals surface area contributed by atoms with Crippen LogP contribution in [0.2, 0.25) is 0 Å². The van der Waals surface area contributed by atoms with Crippen LogP contribution in [0.4, 0.5) is 0 Å². The number of rotatable bonds is 8. The number of benzene rings is 1. The Bertz CT molecular complexity index is 433. The summed E-state index contributed by atoms with van der Waals surface area (Å²) in [6.45, 7) is 0.109. The van der Waals surface area contributed by atoms with Crippen molar-refractivity contribution in [3.8, 4) is 5.75 Å². The van der Waals surface area contributed by atoms with Crippen LogP contribution in [-0.2, 0) is 20.7 Å². The molecule has 0 fully saturated rings. The van der Waals surface area contributed by atoms with Gasteiger partial charge in [-0.2, -0.15) is 0 Å². The highest BCUT2D eigenvalue weighted by Gasteiger charge is 2.04. The largest absolute Gasteiger partial charge is 0.497 e. The third-order valence-corrected chi connectivity index (χ3v) is 2.29. The Balaban J connectivity index is 2.25. The smallest absolute Gasteiger partial charge is 0.329 e. The van der Waals surface area contributed by atoms with E-state index in [-0.39, 0.29) is 32.1 Å². The first kappa shape index (κ1) is 15.0. The lowest BCUT2D eigenvalue weighted by Gasteiger charge is -2.06. The van der Waals surface area contributed by atoms with Crippen LogP contribution in [-0.4, -0.2) is 43.9 Å². The number of amides is 1. The molecule has 0 radical (unpaired) electrons. The Hall–Kier alpha value is -2.08. The van der Waals surface area contributed by atoms with Crippen molar-refractivity contribution >= 4 is 11.9 Å². The highest BCUT2D eigenvalue weighted by molar-refractivity contribution is 5.78. The average molecular weight is 267 g/mol. The first-order valence-electron chi connectivity index (χ1n) is 5.81. The van der Waals surface area contributed by atoms with E-state index in [0.29, 0.717) is 5.75 Å². The molecule has 6 nitrogen and oxygen atoms in total. The topological polar surface area (TPSA) is 84.9 Å². The quantitative estimate of drug-likeness (QED) is 0.668. The lowest BCUT2D eigenvalue weighted by atomic mass is 10.1. The van der Waals surface area contributed by atoms with Gasteiger partial charge in [-0.25, -0.2) is 4.79 Å². The molecular weight excluding hydrogens is 250 g/mol. The van der Waals surface area contributed by atoms with Gasteiger partial charge in [0.15, 0.2) is 0 Å². The minimum absolute atomic E-state index is 0.146. The summed E-state index contributed by atoms with van der Waals surface area (Å²) < 4.78 is 9.86. The van der Waals surface area contributed by atoms with Gasteiger partial charge in [0, 0.05) is 6.54 Å². The third kappa shape index (κ3) is 6.42.